The van der Waals surface area contributed by atoms with E-state index in [4.69, 9.17) is 4.74 Å². The predicted molar refractivity (Wildman–Crippen MR) is 74.3 cm³/mol. The van der Waals surface area contributed by atoms with Crippen LogP contribution in [0.2, 0.25) is 0 Å². The Balaban J connectivity index is 1.77. The van der Waals surface area contributed by atoms with Crippen LogP contribution in [0.4, 0.5) is 20.2 Å². The van der Waals surface area contributed by atoms with Crippen LogP contribution in [0.1, 0.15) is 5.56 Å². The quantitative estimate of drug-likeness (QED) is 0.914. The highest BCUT2D eigenvalue weighted by molar-refractivity contribution is 5.96. The van der Waals surface area contributed by atoms with Crippen molar-refractivity contribution in [1.82, 2.24) is 0 Å². The normalized spacial score (nSPS) is 13.1. The van der Waals surface area contributed by atoms with E-state index in [-0.39, 0.29) is 24.6 Å². The molecule has 2 aromatic carbocycles. The molecular formula is C15H12F2N2O2. The van der Waals surface area contributed by atoms with Crippen LogP contribution in [0.5, 0.6) is 5.75 Å². The maximum Gasteiger partial charge on any atom is 0.262 e. The third-order valence-corrected chi connectivity index (χ3v) is 3.14. The molecule has 0 saturated heterocycles. The summed E-state index contributed by atoms with van der Waals surface area (Å²) >= 11 is 0. The molecule has 21 heavy (non-hydrogen) atoms. The van der Waals surface area contributed by atoms with Crippen LogP contribution in [0.25, 0.3) is 0 Å². The minimum absolute atomic E-state index is 0.00605. The summed E-state index contributed by atoms with van der Waals surface area (Å²) in [4.78, 5) is 11.3. The number of hydrogen-bond donors (Lipinski definition) is 2. The Hall–Kier alpha value is -2.63. The number of carbonyl (C=O) groups is 1. The van der Waals surface area contributed by atoms with E-state index in [0.717, 1.165) is 0 Å². The van der Waals surface area contributed by atoms with Crippen LogP contribution in [-0.2, 0) is 11.3 Å². The van der Waals surface area contributed by atoms with E-state index < -0.39 is 11.6 Å². The zero-order chi connectivity index (χ0) is 14.8. The van der Waals surface area contributed by atoms with Crippen molar-refractivity contribution < 1.29 is 18.3 Å². The summed E-state index contributed by atoms with van der Waals surface area (Å²) in [5, 5.41) is 5.59. The number of fused-ring (bicyclic) bond motifs is 1. The fourth-order valence-corrected chi connectivity index (χ4v) is 2.08. The second kappa shape index (κ2) is 5.40. The van der Waals surface area contributed by atoms with Crippen LogP contribution < -0.4 is 15.4 Å². The lowest BCUT2D eigenvalue weighted by Gasteiger charge is -2.19. The summed E-state index contributed by atoms with van der Waals surface area (Å²) in [6, 6.07) is 8.80. The first kappa shape index (κ1) is 13.4. The van der Waals surface area contributed by atoms with E-state index in [0.29, 0.717) is 17.1 Å². The maximum absolute atomic E-state index is 13.5. The summed E-state index contributed by atoms with van der Waals surface area (Å²) in [5.41, 5.74) is 1.13. The Kier molecular flexibility index (Phi) is 3.43. The van der Waals surface area contributed by atoms with Gasteiger partial charge in [-0.1, -0.05) is 6.07 Å². The Morgan fingerprint density at radius 1 is 1.19 bits per heavy atom. The number of ether oxygens (including phenoxy) is 1. The minimum Gasteiger partial charge on any atom is -0.482 e. The molecule has 1 amide bonds. The Morgan fingerprint density at radius 2 is 1.95 bits per heavy atom. The molecule has 0 bridgehead atoms. The first-order valence-electron chi connectivity index (χ1n) is 6.37. The van der Waals surface area contributed by atoms with Gasteiger partial charge in [-0.05, 0) is 30.3 Å². The molecule has 0 fully saturated rings. The first-order chi connectivity index (χ1) is 10.1. The van der Waals surface area contributed by atoms with Gasteiger partial charge in [0.2, 0.25) is 0 Å². The number of carbonyl (C=O) groups excluding carboxylic acids is 1. The highest BCUT2D eigenvalue weighted by Crippen LogP contribution is 2.30. The second-order valence-electron chi connectivity index (χ2n) is 4.60. The van der Waals surface area contributed by atoms with Crippen molar-refractivity contribution in [2.45, 2.75) is 6.54 Å². The molecule has 108 valence electrons. The van der Waals surface area contributed by atoms with E-state index in [1.54, 1.807) is 18.2 Å². The van der Waals surface area contributed by atoms with E-state index in [1.165, 1.54) is 18.2 Å². The van der Waals surface area contributed by atoms with Gasteiger partial charge in [-0.3, -0.25) is 4.79 Å². The summed E-state index contributed by atoms with van der Waals surface area (Å²) in [5.74, 6) is -0.869. The molecule has 0 spiro atoms. The van der Waals surface area contributed by atoms with Crippen LogP contribution in [0.3, 0.4) is 0 Å². The Morgan fingerprint density at radius 3 is 2.71 bits per heavy atom. The molecule has 3 rings (SSSR count). The molecule has 0 radical (unpaired) electrons. The lowest BCUT2D eigenvalue weighted by atomic mass is 10.2. The summed E-state index contributed by atoms with van der Waals surface area (Å²) in [7, 11) is 0. The summed E-state index contributed by atoms with van der Waals surface area (Å²) in [6.07, 6.45) is 0. The molecule has 6 heteroatoms. The fraction of sp³-hybridized carbons (Fsp3) is 0.133. The van der Waals surface area contributed by atoms with E-state index in [2.05, 4.69) is 10.6 Å². The van der Waals surface area contributed by atoms with Gasteiger partial charge in [-0.2, -0.15) is 0 Å². The van der Waals surface area contributed by atoms with E-state index >= 15 is 0 Å². The van der Waals surface area contributed by atoms with E-state index in [9.17, 15) is 13.6 Å². The Bertz CT molecular complexity index is 684. The molecule has 0 saturated carbocycles. The molecular weight excluding hydrogens is 278 g/mol. The fourth-order valence-electron chi connectivity index (χ4n) is 2.08. The largest absolute Gasteiger partial charge is 0.482 e. The molecule has 4 nitrogen and oxygen atoms in total. The summed E-state index contributed by atoms with van der Waals surface area (Å²) in [6.45, 7) is -0.00763. The van der Waals surface area contributed by atoms with Gasteiger partial charge in [0.05, 0.1) is 5.69 Å². The average Bonchev–Trinajstić information content (AvgIpc) is 2.46. The SMILES string of the molecule is O=C1COc2ccc(NCc3c(F)cccc3F)cc2N1. The highest BCUT2D eigenvalue weighted by atomic mass is 19.1. The van der Waals surface area contributed by atoms with Gasteiger partial charge >= 0.3 is 0 Å². The van der Waals surface area contributed by atoms with Gasteiger partial charge in [0, 0.05) is 17.8 Å². The molecule has 1 aliphatic rings. The van der Waals surface area contributed by atoms with Crippen LogP contribution in [0.15, 0.2) is 36.4 Å². The van der Waals surface area contributed by atoms with E-state index in [1.807, 2.05) is 0 Å². The zero-order valence-electron chi connectivity index (χ0n) is 11.0. The maximum atomic E-state index is 13.5. The number of hydrogen-bond acceptors (Lipinski definition) is 3. The lowest BCUT2D eigenvalue weighted by molar-refractivity contribution is -0.118. The molecule has 1 heterocycles. The number of halogens is 2. The predicted octanol–water partition coefficient (Wildman–Crippen LogP) is 2.91. The van der Waals surface area contributed by atoms with Crippen molar-refractivity contribution in [3.63, 3.8) is 0 Å². The standard InChI is InChI=1S/C15H12F2N2O2/c16-11-2-1-3-12(17)10(11)7-18-9-4-5-14-13(6-9)19-15(20)8-21-14/h1-6,18H,7-8H2,(H,19,20). The monoisotopic (exact) mass is 290 g/mol. The van der Waals surface area contributed by atoms with Crippen molar-refractivity contribution in [3.05, 3.63) is 53.6 Å². The van der Waals surface area contributed by atoms with Gasteiger partial charge in [0.1, 0.15) is 17.4 Å². The van der Waals surface area contributed by atoms with Crippen molar-refractivity contribution in [1.29, 1.82) is 0 Å². The first-order valence-corrected chi connectivity index (χ1v) is 6.37. The van der Waals surface area contributed by atoms with Crippen molar-refractivity contribution in [2.24, 2.45) is 0 Å². The Labute approximate surface area is 119 Å². The average molecular weight is 290 g/mol. The number of rotatable bonds is 3. The van der Waals surface area contributed by atoms with Crippen molar-refractivity contribution >= 4 is 17.3 Å². The second-order valence-corrected chi connectivity index (χ2v) is 4.60. The number of anilines is 2. The topological polar surface area (TPSA) is 50.4 Å². The molecule has 1 aliphatic heterocycles. The summed E-state index contributed by atoms with van der Waals surface area (Å²) < 4.78 is 32.3. The van der Waals surface area contributed by atoms with Gasteiger partial charge in [-0.25, -0.2) is 8.78 Å². The van der Waals surface area contributed by atoms with Crippen LogP contribution in [-0.4, -0.2) is 12.5 Å². The zero-order valence-corrected chi connectivity index (χ0v) is 11.0. The van der Waals surface area contributed by atoms with Gasteiger partial charge in [0.15, 0.2) is 6.61 Å². The van der Waals surface area contributed by atoms with Gasteiger partial charge in [-0.15, -0.1) is 0 Å². The number of nitrogens with one attached hydrogen (secondary N) is 2. The molecule has 0 aliphatic carbocycles. The molecule has 0 atom stereocenters. The highest BCUT2D eigenvalue weighted by Gasteiger charge is 2.16. The van der Waals surface area contributed by atoms with Crippen LogP contribution in [0, 0.1) is 11.6 Å². The smallest absolute Gasteiger partial charge is 0.262 e. The van der Waals surface area contributed by atoms with Crippen molar-refractivity contribution in [3.8, 4) is 5.75 Å². The third kappa shape index (κ3) is 2.79. The molecule has 2 aromatic rings. The van der Waals surface area contributed by atoms with Crippen molar-refractivity contribution in [2.75, 3.05) is 17.2 Å². The number of benzene rings is 2. The third-order valence-electron chi connectivity index (χ3n) is 3.14. The molecule has 0 unspecified atom stereocenters. The molecule has 2 N–H and O–H groups in total. The van der Waals surface area contributed by atoms with Gasteiger partial charge in [0.25, 0.3) is 5.91 Å². The van der Waals surface area contributed by atoms with Crippen LogP contribution >= 0.6 is 0 Å². The lowest BCUT2D eigenvalue weighted by Crippen LogP contribution is -2.25. The molecule has 0 aromatic heterocycles. The minimum atomic E-state index is -0.600. The number of amides is 1. The van der Waals surface area contributed by atoms with Gasteiger partial charge < -0.3 is 15.4 Å².